The van der Waals surface area contributed by atoms with Gasteiger partial charge in [-0.2, -0.15) is 0 Å². The highest BCUT2D eigenvalue weighted by Crippen LogP contribution is 2.38. The van der Waals surface area contributed by atoms with Gasteiger partial charge < -0.3 is 20.0 Å². The molecule has 2 aromatic carbocycles. The summed E-state index contributed by atoms with van der Waals surface area (Å²) in [5, 5.41) is 6.30. The number of carbonyl (C=O) groups excluding carboxylic acids is 2. The lowest BCUT2D eigenvalue weighted by atomic mass is 10.1. The van der Waals surface area contributed by atoms with Crippen molar-refractivity contribution in [2.45, 2.75) is 12.8 Å². The van der Waals surface area contributed by atoms with Gasteiger partial charge in [0, 0.05) is 29.8 Å². The van der Waals surface area contributed by atoms with Gasteiger partial charge in [-0.25, -0.2) is 0 Å². The summed E-state index contributed by atoms with van der Waals surface area (Å²) >= 11 is 6.19. The van der Waals surface area contributed by atoms with Crippen molar-refractivity contribution in [3.8, 4) is 11.3 Å². The zero-order chi connectivity index (χ0) is 22.8. The van der Waals surface area contributed by atoms with Gasteiger partial charge in [0.15, 0.2) is 0 Å². The smallest absolute Gasteiger partial charge is 0.256 e. The summed E-state index contributed by atoms with van der Waals surface area (Å²) < 4.78 is 5.98. The molecule has 2 aliphatic rings. The Kier molecular flexibility index (Phi) is 6.03. The van der Waals surface area contributed by atoms with E-state index in [1.165, 1.54) is 12.8 Å². The quantitative estimate of drug-likeness (QED) is 0.511. The molecular formula is C26H24ClN3O3. The van der Waals surface area contributed by atoms with Gasteiger partial charge in [-0.3, -0.25) is 9.59 Å². The van der Waals surface area contributed by atoms with Gasteiger partial charge in [-0.15, -0.1) is 0 Å². The Balaban J connectivity index is 1.30. The molecule has 168 valence electrons. The molecule has 0 saturated carbocycles. The van der Waals surface area contributed by atoms with Gasteiger partial charge in [-0.05, 0) is 62.3 Å². The monoisotopic (exact) mass is 461 g/mol. The predicted octanol–water partition coefficient (Wildman–Crippen LogP) is 4.92. The molecule has 0 unspecified atom stereocenters. The van der Waals surface area contributed by atoms with Gasteiger partial charge in [-0.1, -0.05) is 35.9 Å². The number of hydrogen-bond donors (Lipinski definition) is 2. The van der Waals surface area contributed by atoms with E-state index in [1.807, 2.05) is 36.4 Å². The number of nitrogens with zero attached hydrogens (tertiary/aromatic N) is 1. The van der Waals surface area contributed by atoms with Crippen LogP contribution in [0.25, 0.3) is 23.0 Å². The second-order valence-corrected chi connectivity index (χ2v) is 8.67. The lowest BCUT2D eigenvalue weighted by Crippen LogP contribution is -2.33. The van der Waals surface area contributed by atoms with E-state index in [2.05, 4.69) is 15.5 Å². The molecule has 2 N–H and O–H groups in total. The maximum absolute atomic E-state index is 12.6. The average Bonchev–Trinajstić information content (AvgIpc) is 3.57. The fourth-order valence-electron chi connectivity index (χ4n) is 4.30. The van der Waals surface area contributed by atoms with Crippen LogP contribution in [0.4, 0.5) is 5.69 Å². The van der Waals surface area contributed by atoms with E-state index in [0.29, 0.717) is 39.9 Å². The first-order valence-corrected chi connectivity index (χ1v) is 11.5. The van der Waals surface area contributed by atoms with Crippen molar-refractivity contribution in [3.63, 3.8) is 0 Å². The summed E-state index contributed by atoms with van der Waals surface area (Å²) in [7, 11) is 0. The highest BCUT2D eigenvalue weighted by Gasteiger charge is 2.26. The summed E-state index contributed by atoms with van der Waals surface area (Å²) in [5.41, 5.74) is 3.25. The molecule has 0 spiro atoms. The van der Waals surface area contributed by atoms with Crippen LogP contribution in [-0.2, 0) is 4.79 Å². The van der Waals surface area contributed by atoms with Gasteiger partial charge in [0.05, 0.1) is 16.3 Å². The molecule has 1 fully saturated rings. The summed E-state index contributed by atoms with van der Waals surface area (Å²) in [6.07, 6.45) is 4.18. The van der Waals surface area contributed by atoms with Crippen molar-refractivity contribution in [2.75, 3.05) is 31.5 Å². The summed E-state index contributed by atoms with van der Waals surface area (Å²) in [6, 6.07) is 16.4. The lowest BCUT2D eigenvalue weighted by Gasteiger charge is -2.14. The molecule has 0 aliphatic carbocycles. The maximum Gasteiger partial charge on any atom is 0.256 e. The third-order valence-electron chi connectivity index (χ3n) is 6.02. The minimum absolute atomic E-state index is 0.0962. The number of carbonyl (C=O) groups is 2. The fraction of sp³-hybridized carbons (Fsp3) is 0.231. The molecule has 0 bridgehead atoms. The van der Waals surface area contributed by atoms with Crippen molar-refractivity contribution in [1.82, 2.24) is 10.2 Å². The molecule has 2 aliphatic heterocycles. The van der Waals surface area contributed by atoms with E-state index < -0.39 is 0 Å². The molecule has 6 nitrogen and oxygen atoms in total. The number of fused-ring (bicyclic) bond motifs is 1. The normalized spacial score (nSPS) is 16.8. The second kappa shape index (κ2) is 9.25. The molecule has 0 atom stereocenters. The van der Waals surface area contributed by atoms with Crippen LogP contribution < -0.4 is 10.6 Å². The van der Waals surface area contributed by atoms with Gasteiger partial charge in [0.1, 0.15) is 11.5 Å². The summed E-state index contributed by atoms with van der Waals surface area (Å²) in [6.45, 7) is 3.74. The number of likely N-dealkylation sites (tertiary alicyclic amines) is 1. The van der Waals surface area contributed by atoms with Crippen LogP contribution in [0.15, 0.2) is 59.0 Å². The van der Waals surface area contributed by atoms with Gasteiger partial charge >= 0.3 is 0 Å². The van der Waals surface area contributed by atoms with E-state index in [0.717, 1.165) is 30.8 Å². The van der Waals surface area contributed by atoms with Crippen LogP contribution in [0.1, 0.15) is 34.5 Å². The van der Waals surface area contributed by atoms with Gasteiger partial charge in [0.25, 0.3) is 11.8 Å². The standard InChI is InChI=1S/C26H24ClN3O3/c27-22-8-4-7-20-21(26(32)29-24(20)22)16-19-9-10-23(33-19)17-5-3-6-18(15-17)25(31)28-11-14-30-12-1-2-13-30/h3-10,15-16H,1-2,11-14H2,(H,28,31)(H,29,32). The molecule has 33 heavy (non-hydrogen) atoms. The molecule has 3 aromatic rings. The molecule has 0 radical (unpaired) electrons. The Labute approximate surface area is 197 Å². The van der Waals surface area contributed by atoms with Crippen molar-refractivity contribution in [1.29, 1.82) is 0 Å². The topological polar surface area (TPSA) is 74.6 Å². The first kappa shape index (κ1) is 21.5. The number of furan rings is 1. The zero-order valence-corrected chi connectivity index (χ0v) is 18.8. The van der Waals surface area contributed by atoms with Crippen LogP contribution in [0.3, 0.4) is 0 Å². The molecule has 2 amide bonds. The Morgan fingerprint density at radius 2 is 1.94 bits per heavy atom. The first-order valence-electron chi connectivity index (χ1n) is 11.1. The molecular weight excluding hydrogens is 438 g/mol. The third-order valence-corrected chi connectivity index (χ3v) is 6.34. The summed E-state index contributed by atoms with van der Waals surface area (Å²) in [5.74, 6) is 0.853. The number of halogens is 1. The van der Waals surface area contributed by atoms with Gasteiger partial charge in [0.2, 0.25) is 0 Å². The van der Waals surface area contributed by atoms with E-state index >= 15 is 0 Å². The number of benzene rings is 2. The Bertz CT molecular complexity index is 1240. The molecule has 3 heterocycles. The van der Waals surface area contributed by atoms with Crippen molar-refractivity contribution in [3.05, 3.63) is 76.5 Å². The SMILES string of the molecule is O=C1Nc2c(Cl)cccc2C1=Cc1ccc(-c2cccc(C(=O)NCCN3CCCC3)c2)o1. The number of amides is 2. The van der Waals surface area contributed by atoms with Crippen molar-refractivity contribution >= 4 is 40.8 Å². The highest BCUT2D eigenvalue weighted by atomic mass is 35.5. The van der Waals surface area contributed by atoms with E-state index in [4.69, 9.17) is 16.0 Å². The van der Waals surface area contributed by atoms with E-state index in [-0.39, 0.29) is 11.8 Å². The van der Waals surface area contributed by atoms with Crippen LogP contribution in [-0.4, -0.2) is 42.9 Å². The number of rotatable bonds is 6. The van der Waals surface area contributed by atoms with Crippen LogP contribution in [0.5, 0.6) is 0 Å². The highest BCUT2D eigenvalue weighted by molar-refractivity contribution is 6.41. The number of hydrogen-bond acceptors (Lipinski definition) is 4. The molecule has 1 aromatic heterocycles. The van der Waals surface area contributed by atoms with Crippen LogP contribution in [0.2, 0.25) is 5.02 Å². The molecule has 7 heteroatoms. The largest absolute Gasteiger partial charge is 0.457 e. The van der Waals surface area contributed by atoms with Crippen LogP contribution >= 0.6 is 11.6 Å². The minimum Gasteiger partial charge on any atom is -0.457 e. The van der Waals surface area contributed by atoms with E-state index in [9.17, 15) is 9.59 Å². The molecule has 5 rings (SSSR count). The lowest BCUT2D eigenvalue weighted by molar-refractivity contribution is -0.110. The maximum atomic E-state index is 12.6. The number of anilines is 1. The zero-order valence-electron chi connectivity index (χ0n) is 18.1. The second-order valence-electron chi connectivity index (χ2n) is 8.26. The number of nitrogens with one attached hydrogen (secondary N) is 2. The van der Waals surface area contributed by atoms with E-state index in [1.54, 1.807) is 24.3 Å². The van der Waals surface area contributed by atoms with Crippen molar-refractivity contribution < 1.29 is 14.0 Å². The fourth-order valence-corrected chi connectivity index (χ4v) is 4.52. The third kappa shape index (κ3) is 4.58. The minimum atomic E-state index is -0.219. The predicted molar refractivity (Wildman–Crippen MR) is 130 cm³/mol. The Morgan fingerprint density at radius 1 is 1.12 bits per heavy atom. The summed E-state index contributed by atoms with van der Waals surface area (Å²) in [4.78, 5) is 27.4. The van der Waals surface area contributed by atoms with Crippen LogP contribution in [0, 0.1) is 0 Å². The Hall–Kier alpha value is -3.35. The average molecular weight is 462 g/mol. The first-order chi connectivity index (χ1) is 16.1. The van der Waals surface area contributed by atoms with Crippen molar-refractivity contribution in [2.24, 2.45) is 0 Å². The Morgan fingerprint density at radius 3 is 2.79 bits per heavy atom. The number of para-hydroxylation sites is 1. The molecule has 1 saturated heterocycles.